The molecule has 4 aromatic rings. The number of ether oxygens (including phenoxy) is 2. The monoisotopic (exact) mass is 912 g/mol. The molecule has 26 nitrogen and oxygen atoms in total. The lowest BCUT2D eigenvalue weighted by atomic mass is 10.1. The first-order valence-electron chi connectivity index (χ1n) is 18.5. The van der Waals surface area contributed by atoms with Gasteiger partial charge in [-0.2, -0.15) is 38.3 Å². The summed E-state index contributed by atoms with van der Waals surface area (Å²) in [4.78, 5) is 25.5. The molecule has 0 fully saturated rings. The van der Waals surface area contributed by atoms with Crippen molar-refractivity contribution in [2.24, 2.45) is 0 Å². The van der Waals surface area contributed by atoms with Gasteiger partial charge in [-0.15, -0.1) is 4.33 Å². The normalized spacial score (nSPS) is 12.6. The highest BCUT2D eigenvalue weighted by atomic mass is 32.2. The number of aliphatic hydroxyl groups excluding tert-OH is 6. The number of anilines is 8. The quantitative estimate of drug-likeness (QED) is 0.00801. The predicted octanol–water partition coefficient (Wildman–Crippen LogP) is -0.239. The third-order valence-corrected chi connectivity index (χ3v) is 9.20. The summed E-state index contributed by atoms with van der Waals surface area (Å²) in [5, 5.41) is 85.9. The topological polar surface area (TPSA) is 382 Å². The van der Waals surface area contributed by atoms with Crippen molar-refractivity contribution in [1.29, 1.82) is 0 Å². The first-order chi connectivity index (χ1) is 29.9. The molecular formula is C34H48N12O14S2. The van der Waals surface area contributed by atoms with Crippen LogP contribution in [-0.2, 0) is 29.0 Å². The van der Waals surface area contributed by atoms with Crippen molar-refractivity contribution in [3.63, 3.8) is 0 Å². The van der Waals surface area contributed by atoms with E-state index in [2.05, 4.69) is 66.8 Å². The Hall–Kier alpha value is -5.18. The number of hydrogen-bond acceptors (Lipinski definition) is 26. The minimum atomic E-state index is -4.82. The van der Waals surface area contributed by atoms with Gasteiger partial charge < -0.3 is 72.0 Å². The van der Waals surface area contributed by atoms with E-state index in [0.717, 1.165) is 6.07 Å². The summed E-state index contributed by atoms with van der Waals surface area (Å²) in [6.07, 6.45) is 0.712. The second-order valence-corrected chi connectivity index (χ2v) is 14.5. The Morgan fingerprint density at radius 1 is 0.629 bits per heavy atom. The van der Waals surface area contributed by atoms with Crippen LogP contribution in [0.15, 0.2) is 46.2 Å². The Bertz CT molecular complexity index is 2130. The van der Waals surface area contributed by atoms with Gasteiger partial charge in [-0.3, -0.25) is 4.55 Å². The van der Waals surface area contributed by atoms with Gasteiger partial charge >= 0.3 is 0 Å². The Balaban J connectivity index is 1.59. The maximum atomic E-state index is 12.6. The van der Waals surface area contributed by atoms with E-state index in [-0.39, 0.29) is 113 Å². The Labute approximate surface area is 358 Å². The average molecular weight is 913 g/mol. The van der Waals surface area contributed by atoms with Crippen molar-refractivity contribution in [1.82, 2.24) is 29.9 Å². The number of nitrogens with zero attached hydrogens (tertiary/aromatic N) is 6. The summed E-state index contributed by atoms with van der Waals surface area (Å²) in [7, 11) is -4.82. The van der Waals surface area contributed by atoms with Gasteiger partial charge in [0, 0.05) is 42.4 Å². The van der Waals surface area contributed by atoms with Crippen LogP contribution in [0, 0.1) is 0 Å². The molecule has 340 valence electrons. The van der Waals surface area contributed by atoms with Crippen LogP contribution >= 0.6 is 12.0 Å². The highest BCUT2D eigenvalue weighted by Crippen LogP contribution is 2.31. The molecule has 62 heavy (non-hydrogen) atoms. The first-order valence-corrected chi connectivity index (χ1v) is 20.7. The summed E-state index contributed by atoms with van der Waals surface area (Å²) in [5.41, 5.74) is 1.05. The minimum Gasteiger partial charge on any atom is -0.394 e. The van der Waals surface area contributed by atoms with E-state index >= 15 is 0 Å². The molecule has 0 radical (unpaired) electrons. The smallest absolute Gasteiger partial charge is 0.295 e. The average Bonchev–Trinajstić information content (AvgIpc) is 3.26. The number of nitrogens with one attached hydrogen (secondary N) is 6. The van der Waals surface area contributed by atoms with E-state index in [1.54, 1.807) is 18.2 Å². The van der Waals surface area contributed by atoms with Crippen LogP contribution in [0.1, 0.15) is 11.1 Å². The van der Waals surface area contributed by atoms with Gasteiger partial charge in [-0.1, -0.05) is 29.3 Å². The predicted molar refractivity (Wildman–Crippen MR) is 224 cm³/mol. The van der Waals surface area contributed by atoms with E-state index < -0.39 is 40.4 Å². The largest absolute Gasteiger partial charge is 0.394 e. The van der Waals surface area contributed by atoms with Crippen LogP contribution in [-0.4, -0.2) is 170 Å². The molecule has 2 aromatic heterocycles. The molecule has 0 saturated carbocycles. The molecule has 2 atom stereocenters. The molecule has 4 rings (SSSR count). The number of aliphatic hydroxyl groups is 6. The minimum absolute atomic E-state index is 0.00241. The number of hydrogen-bond donors (Lipinski definition) is 14. The summed E-state index contributed by atoms with van der Waals surface area (Å²) in [6, 6.07) is 8.85. The van der Waals surface area contributed by atoms with Crippen LogP contribution in [0.2, 0.25) is 0 Å². The third-order valence-electron chi connectivity index (χ3n) is 7.63. The summed E-state index contributed by atoms with van der Waals surface area (Å²) < 4.78 is 50.7. The van der Waals surface area contributed by atoms with Crippen molar-refractivity contribution < 1.29 is 67.7 Å². The van der Waals surface area contributed by atoms with Crippen molar-refractivity contribution in [3.05, 3.63) is 47.5 Å². The fourth-order valence-corrected chi connectivity index (χ4v) is 6.04. The highest BCUT2D eigenvalue weighted by Gasteiger charge is 2.17. The number of rotatable bonds is 30. The second kappa shape index (κ2) is 26.3. The lowest BCUT2D eigenvalue weighted by Crippen LogP contribution is -2.24. The van der Waals surface area contributed by atoms with E-state index in [1.807, 2.05) is 0 Å². The molecule has 2 heterocycles. The molecule has 2 aromatic carbocycles. The van der Waals surface area contributed by atoms with Crippen molar-refractivity contribution >= 4 is 81.4 Å². The zero-order chi connectivity index (χ0) is 44.7. The van der Waals surface area contributed by atoms with E-state index in [9.17, 15) is 33.4 Å². The second-order valence-electron chi connectivity index (χ2n) is 12.4. The van der Waals surface area contributed by atoms with Gasteiger partial charge in [0.1, 0.15) is 4.90 Å². The van der Waals surface area contributed by atoms with E-state index in [0.29, 0.717) is 28.2 Å². The molecule has 0 amide bonds. The fraction of sp³-hybridized carbons (Fsp3) is 0.412. The standard InChI is InChI=1S/C34H48N12O14S2/c47-9-13-57-11-7-35-29-41-31(37-17-25(51)19-49)45-33(43-29)39-23-5-3-21(27(15-23)61-60-59-53)1-2-22-4-6-24(16-28(22)62(54,55)56)40-34-44-30(36-8-12-58-14-10-48)42-32(46-34)38-18-26(52)20-50/h1-6,15-16,25-26,47-53H,7-14,17-20H2,(H,54,55,56)(H3,35,37,39,41,43,45)(H3,36,38,40,42,44,46). The van der Waals surface area contributed by atoms with Crippen LogP contribution in [0.3, 0.4) is 0 Å². The van der Waals surface area contributed by atoms with Crippen LogP contribution in [0.25, 0.3) is 12.2 Å². The molecule has 0 aliphatic carbocycles. The van der Waals surface area contributed by atoms with Crippen LogP contribution in [0.4, 0.5) is 47.1 Å². The summed E-state index contributed by atoms with van der Waals surface area (Å²) >= 11 is 0.600. The Morgan fingerprint density at radius 3 is 1.55 bits per heavy atom. The SMILES string of the molecule is O=S(=O)(O)c1cc(Nc2nc(NCCOCCO)nc(NCC(O)CO)n2)ccc1C=Cc1ccc(Nc2nc(NCCOCCO)nc(NCC(O)CO)n2)cc1SOOO. The maximum absolute atomic E-state index is 12.6. The molecular weight excluding hydrogens is 865 g/mol. The van der Waals surface area contributed by atoms with E-state index in [1.165, 1.54) is 24.3 Å². The fourth-order valence-electron chi connectivity index (χ4n) is 4.82. The Kier molecular flexibility index (Phi) is 21.0. The summed E-state index contributed by atoms with van der Waals surface area (Å²) in [5.74, 6) is 0.233. The Morgan fingerprint density at radius 2 is 1.08 bits per heavy atom. The van der Waals surface area contributed by atoms with Gasteiger partial charge in [0.25, 0.3) is 10.1 Å². The van der Waals surface area contributed by atoms with Gasteiger partial charge in [0.15, 0.2) is 0 Å². The lowest BCUT2D eigenvalue weighted by Gasteiger charge is -2.14. The molecule has 0 aliphatic rings. The van der Waals surface area contributed by atoms with Crippen molar-refractivity contribution in [3.8, 4) is 0 Å². The summed E-state index contributed by atoms with van der Waals surface area (Å²) in [6.45, 7) is -0.242. The zero-order valence-corrected chi connectivity index (χ0v) is 34.4. The van der Waals surface area contributed by atoms with Crippen molar-refractivity contribution in [2.75, 3.05) is 111 Å². The third kappa shape index (κ3) is 17.3. The van der Waals surface area contributed by atoms with E-state index in [4.69, 9.17) is 29.3 Å². The lowest BCUT2D eigenvalue weighted by molar-refractivity contribution is -0.432. The van der Waals surface area contributed by atoms with Gasteiger partial charge in [0.05, 0.1) is 77.1 Å². The van der Waals surface area contributed by atoms with Crippen molar-refractivity contribution in [2.45, 2.75) is 22.0 Å². The first kappa shape index (κ1) is 49.5. The molecule has 28 heteroatoms. The number of aromatic nitrogens is 6. The molecule has 0 saturated heterocycles. The molecule has 0 aliphatic heterocycles. The zero-order valence-electron chi connectivity index (χ0n) is 32.8. The molecule has 0 bridgehead atoms. The van der Waals surface area contributed by atoms with Gasteiger partial charge in [-0.25, -0.2) is 5.26 Å². The number of benzene rings is 2. The van der Waals surface area contributed by atoms with Crippen LogP contribution < -0.4 is 31.9 Å². The van der Waals surface area contributed by atoms with Crippen LogP contribution in [0.5, 0.6) is 0 Å². The van der Waals surface area contributed by atoms with Gasteiger partial charge in [-0.05, 0) is 35.4 Å². The molecule has 2 unspecified atom stereocenters. The highest BCUT2D eigenvalue weighted by molar-refractivity contribution is 7.94. The maximum Gasteiger partial charge on any atom is 0.295 e. The molecule has 0 spiro atoms. The molecule has 14 N–H and O–H groups in total. The van der Waals surface area contributed by atoms with Gasteiger partial charge in [0.2, 0.25) is 35.7 Å².